The van der Waals surface area contributed by atoms with E-state index in [0.717, 1.165) is 12.8 Å². The third kappa shape index (κ3) is 4.16. The Kier molecular flexibility index (Phi) is 5.66. The van der Waals surface area contributed by atoms with E-state index in [2.05, 4.69) is 5.32 Å². The molecule has 1 rings (SSSR count). The van der Waals surface area contributed by atoms with Gasteiger partial charge >= 0.3 is 5.69 Å². The van der Waals surface area contributed by atoms with Crippen LogP contribution in [0.25, 0.3) is 0 Å². The van der Waals surface area contributed by atoms with Crippen LogP contribution in [0.2, 0.25) is 0 Å². The molecule has 0 saturated heterocycles. The highest BCUT2D eigenvalue weighted by molar-refractivity contribution is 5.95. The highest BCUT2D eigenvalue weighted by atomic mass is 16.6. The van der Waals surface area contributed by atoms with Crippen molar-refractivity contribution in [1.29, 1.82) is 0 Å². The molecular formula is C14H21N3O4. The number of benzene rings is 1. The number of nitro benzene ring substituents is 1. The number of amides is 1. The van der Waals surface area contributed by atoms with Crippen molar-refractivity contribution in [3.05, 3.63) is 33.9 Å². The van der Waals surface area contributed by atoms with Crippen molar-refractivity contribution in [2.24, 2.45) is 5.73 Å². The van der Waals surface area contributed by atoms with Crippen molar-refractivity contribution in [2.75, 3.05) is 13.7 Å². The van der Waals surface area contributed by atoms with Crippen LogP contribution in [-0.2, 0) is 0 Å². The number of carbonyl (C=O) groups is 1. The Balaban J connectivity index is 2.86. The van der Waals surface area contributed by atoms with E-state index in [1.165, 1.54) is 25.3 Å². The van der Waals surface area contributed by atoms with E-state index in [1.807, 2.05) is 13.8 Å². The Morgan fingerprint density at radius 1 is 1.43 bits per heavy atom. The summed E-state index contributed by atoms with van der Waals surface area (Å²) in [4.78, 5) is 22.3. The van der Waals surface area contributed by atoms with Crippen LogP contribution in [0.4, 0.5) is 5.69 Å². The van der Waals surface area contributed by atoms with Crippen LogP contribution >= 0.6 is 0 Å². The first-order valence-electron chi connectivity index (χ1n) is 6.76. The zero-order valence-corrected chi connectivity index (χ0v) is 12.5. The quantitative estimate of drug-likeness (QED) is 0.589. The molecule has 0 bridgehead atoms. The van der Waals surface area contributed by atoms with Gasteiger partial charge in [-0.25, -0.2) is 0 Å². The van der Waals surface area contributed by atoms with Gasteiger partial charge in [0.15, 0.2) is 5.75 Å². The van der Waals surface area contributed by atoms with Gasteiger partial charge in [-0.3, -0.25) is 14.9 Å². The van der Waals surface area contributed by atoms with Gasteiger partial charge in [-0.15, -0.1) is 0 Å². The van der Waals surface area contributed by atoms with Gasteiger partial charge in [0.1, 0.15) is 0 Å². The average molecular weight is 295 g/mol. The summed E-state index contributed by atoms with van der Waals surface area (Å²) in [6.07, 6.45) is 1.49. The van der Waals surface area contributed by atoms with E-state index in [-0.39, 0.29) is 17.3 Å². The summed E-state index contributed by atoms with van der Waals surface area (Å²) < 4.78 is 4.94. The minimum Gasteiger partial charge on any atom is -0.490 e. The molecule has 0 aliphatic rings. The number of carbonyl (C=O) groups excluding carboxylic acids is 1. The molecule has 21 heavy (non-hydrogen) atoms. The second-order valence-corrected chi connectivity index (χ2v) is 4.90. The molecule has 0 saturated carbocycles. The minimum atomic E-state index is -0.556. The van der Waals surface area contributed by atoms with Crippen LogP contribution in [0.5, 0.6) is 5.75 Å². The fraction of sp³-hybridized carbons (Fsp3) is 0.500. The van der Waals surface area contributed by atoms with E-state index in [9.17, 15) is 14.9 Å². The van der Waals surface area contributed by atoms with Crippen LogP contribution < -0.4 is 15.8 Å². The number of hydrogen-bond acceptors (Lipinski definition) is 5. The number of nitrogens with one attached hydrogen (secondary N) is 1. The van der Waals surface area contributed by atoms with Crippen LogP contribution in [-0.4, -0.2) is 30.0 Å². The molecule has 0 aromatic heterocycles. The maximum Gasteiger partial charge on any atom is 0.310 e. The topological polar surface area (TPSA) is 107 Å². The number of methoxy groups -OCH3 is 1. The number of rotatable bonds is 7. The predicted molar refractivity (Wildman–Crippen MR) is 79.5 cm³/mol. The van der Waals surface area contributed by atoms with Crippen molar-refractivity contribution in [3.8, 4) is 5.75 Å². The summed E-state index contributed by atoms with van der Waals surface area (Å²) in [6, 6.07) is 4.00. The van der Waals surface area contributed by atoms with Gasteiger partial charge < -0.3 is 15.8 Å². The highest BCUT2D eigenvalue weighted by Gasteiger charge is 2.22. The smallest absolute Gasteiger partial charge is 0.310 e. The first-order valence-corrected chi connectivity index (χ1v) is 6.76. The molecule has 1 aromatic carbocycles. The molecule has 0 radical (unpaired) electrons. The van der Waals surface area contributed by atoms with Crippen molar-refractivity contribution in [3.63, 3.8) is 0 Å². The number of nitrogens with two attached hydrogens (primary N) is 1. The first-order chi connectivity index (χ1) is 9.86. The molecule has 1 amide bonds. The molecule has 0 heterocycles. The SMILES string of the molecule is CCC(N)(CC)CNC(=O)c1ccc([N+](=O)[O-])c(OC)c1. The molecule has 1 aromatic rings. The molecule has 3 N–H and O–H groups in total. The van der Waals surface area contributed by atoms with Crippen LogP contribution in [0.1, 0.15) is 37.0 Å². The van der Waals surface area contributed by atoms with Gasteiger partial charge in [0.25, 0.3) is 5.91 Å². The zero-order chi connectivity index (χ0) is 16.0. The zero-order valence-electron chi connectivity index (χ0n) is 12.5. The van der Waals surface area contributed by atoms with E-state index >= 15 is 0 Å². The molecule has 0 aliphatic carbocycles. The van der Waals surface area contributed by atoms with Crippen LogP contribution in [0.3, 0.4) is 0 Å². The summed E-state index contributed by atoms with van der Waals surface area (Å²) >= 11 is 0. The maximum absolute atomic E-state index is 12.1. The van der Waals surface area contributed by atoms with Gasteiger partial charge in [0.2, 0.25) is 0 Å². The van der Waals surface area contributed by atoms with Gasteiger partial charge in [-0.2, -0.15) is 0 Å². The number of ether oxygens (including phenoxy) is 1. The average Bonchev–Trinajstić information content (AvgIpc) is 2.51. The Hall–Kier alpha value is -2.15. The molecule has 116 valence electrons. The molecule has 0 aliphatic heterocycles. The molecule has 0 unspecified atom stereocenters. The molecule has 0 spiro atoms. The Morgan fingerprint density at radius 2 is 2.05 bits per heavy atom. The highest BCUT2D eigenvalue weighted by Crippen LogP contribution is 2.27. The van der Waals surface area contributed by atoms with Gasteiger partial charge in [0, 0.05) is 29.8 Å². The normalized spacial score (nSPS) is 11.0. The Labute approximate surface area is 123 Å². The van der Waals surface area contributed by atoms with E-state index < -0.39 is 10.5 Å². The fourth-order valence-electron chi connectivity index (χ4n) is 1.83. The second kappa shape index (κ2) is 7.03. The van der Waals surface area contributed by atoms with Gasteiger partial charge in [0.05, 0.1) is 12.0 Å². The van der Waals surface area contributed by atoms with Gasteiger partial charge in [-0.1, -0.05) is 13.8 Å². The third-order valence-corrected chi connectivity index (χ3v) is 3.65. The van der Waals surface area contributed by atoms with Crippen molar-refractivity contribution in [1.82, 2.24) is 5.32 Å². The maximum atomic E-state index is 12.1. The predicted octanol–water partition coefficient (Wildman–Crippen LogP) is 1.85. The molecular weight excluding hydrogens is 274 g/mol. The lowest BCUT2D eigenvalue weighted by molar-refractivity contribution is -0.385. The molecule has 7 nitrogen and oxygen atoms in total. The van der Waals surface area contributed by atoms with E-state index in [1.54, 1.807) is 0 Å². The van der Waals surface area contributed by atoms with Crippen molar-refractivity contribution < 1.29 is 14.5 Å². The Morgan fingerprint density at radius 3 is 2.52 bits per heavy atom. The first kappa shape index (κ1) is 16.9. The summed E-state index contributed by atoms with van der Waals surface area (Å²) in [5.74, 6) is -0.280. The van der Waals surface area contributed by atoms with E-state index in [0.29, 0.717) is 12.1 Å². The fourth-order valence-corrected chi connectivity index (χ4v) is 1.83. The van der Waals surface area contributed by atoms with Crippen molar-refractivity contribution in [2.45, 2.75) is 32.2 Å². The van der Waals surface area contributed by atoms with Crippen LogP contribution in [0.15, 0.2) is 18.2 Å². The number of nitrogens with zero attached hydrogens (tertiary/aromatic N) is 1. The number of nitro groups is 1. The monoisotopic (exact) mass is 295 g/mol. The molecule has 0 fully saturated rings. The number of hydrogen-bond donors (Lipinski definition) is 2. The summed E-state index contributed by atoms with van der Waals surface area (Å²) in [5.41, 5.74) is 5.79. The second-order valence-electron chi connectivity index (χ2n) is 4.90. The lowest BCUT2D eigenvalue weighted by Crippen LogP contribution is -2.49. The largest absolute Gasteiger partial charge is 0.490 e. The molecule has 0 atom stereocenters. The summed E-state index contributed by atoms with van der Waals surface area (Å²) in [5, 5.41) is 13.6. The van der Waals surface area contributed by atoms with Crippen LogP contribution in [0, 0.1) is 10.1 Å². The van der Waals surface area contributed by atoms with Crippen molar-refractivity contribution >= 4 is 11.6 Å². The van der Waals surface area contributed by atoms with E-state index in [4.69, 9.17) is 10.5 Å². The Bertz CT molecular complexity index is 527. The lowest BCUT2D eigenvalue weighted by atomic mass is 9.94. The third-order valence-electron chi connectivity index (χ3n) is 3.65. The summed E-state index contributed by atoms with van der Waals surface area (Å²) in [7, 11) is 1.32. The standard InChI is InChI=1S/C14H21N3O4/c1-4-14(15,5-2)9-16-13(18)10-6-7-11(17(19)20)12(8-10)21-3/h6-8H,4-5,9,15H2,1-3H3,(H,16,18). The molecule has 7 heteroatoms. The van der Waals surface area contributed by atoms with Gasteiger partial charge in [-0.05, 0) is 18.9 Å². The minimum absolute atomic E-state index is 0.0534. The lowest BCUT2D eigenvalue weighted by Gasteiger charge is -2.26. The summed E-state index contributed by atoms with van der Waals surface area (Å²) in [6.45, 7) is 4.27.